The van der Waals surface area contributed by atoms with Crippen molar-refractivity contribution in [2.75, 3.05) is 11.5 Å². The first-order valence-electron chi connectivity index (χ1n) is 10.6. The quantitative estimate of drug-likeness (QED) is 0.360. The molecule has 0 radical (unpaired) electrons. The number of anilines is 2. The highest BCUT2D eigenvalue weighted by Crippen LogP contribution is 2.43. The van der Waals surface area contributed by atoms with Crippen LogP contribution in [0.1, 0.15) is 25.0 Å². The molecule has 4 rings (SSSR count). The van der Waals surface area contributed by atoms with Crippen LogP contribution in [0, 0.1) is 0 Å². The summed E-state index contributed by atoms with van der Waals surface area (Å²) in [5.41, 5.74) is 23.5. The summed E-state index contributed by atoms with van der Waals surface area (Å²) in [4.78, 5) is 0. The Morgan fingerprint density at radius 1 is 0.500 bits per heavy atom. The highest BCUT2D eigenvalue weighted by molar-refractivity contribution is 5.99. The van der Waals surface area contributed by atoms with Crippen LogP contribution in [0.15, 0.2) is 84.9 Å². The molecule has 0 amide bonds. The van der Waals surface area contributed by atoms with Gasteiger partial charge in [0.05, 0.1) is 0 Å². The fraction of sp³-hybridized carbons (Fsp3) is 0.143. The van der Waals surface area contributed by atoms with Crippen LogP contribution in [-0.2, 0) is 12.8 Å². The molecule has 0 aliphatic heterocycles. The lowest BCUT2D eigenvalue weighted by molar-refractivity contribution is 1.14. The summed E-state index contributed by atoms with van der Waals surface area (Å²) in [5, 5.41) is 0. The van der Waals surface area contributed by atoms with Crippen molar-refractivity contribution in [2.24, 2.45) is 0 Å². The zero-order valence-corrected chi connectivity index (χ0v) is 17.7. The topological polar surface area (TPSA) is 52.0 Å². The third-order valence-corrected chi connectivity index (χ3v) is 5.76. The van der Waals surface area contributed by atoms with Crippen molar-refractivity contribution < 1.29 is 0 Å². The molecule has 0 saturated carbocycles. The molecule has 4 aromatic rings. The van der Waals surface area contributed by atoms with Gasteiger partial charge in [-0.25, -0.2) is 0 Å². The Morgan fingerprint density at radius 2 is 0.967 bits per heavy atom. The van der Waals surface area contributed by atoms with Gasteiger partial charge in [0.15, 0.2) is 0 Å². The molecule has 0 saturated heterocycles. The van der Waals surface area contributed by atoms with Gasteiger partial charge in [-0.15, -0.1) is 0 Å². The molecule has 2 heteroatoms. The number of rotatable bonds is 5. The molecule has 4 aromatic carbocycles. The van der Waals surface area contributed by atoms with Crippen LogP contribution in [0.2, 0.25) is 0 Å². The van der Waals surface area contributed by atoms with Crippen LogP contribution in [0.25, 0.3) is 33.4 Å². The summed E-state index contributed by atoms with van der Waals surface area (Å²) < 4.78 is 0. The average Bonchev–Trinajstić information content (AvgIpc) is 2.80. The molecule has 0 atom stereocenters. The van der Waals surface area contributed by atoms with E-state index in [0.29, 0.717) is 0 Å². The number of aryl methyl sites for hydroxylation is 2. The van der Waals surface area contributed by atoms with Crippen LogP contribution < -0.4 is 11.5 Å². The SMILES string of the molecule is CCc1ccc(-c2c(N)ccc(-c3ccc(N)cc3)c2-c2ccc(CC)cc2)cc1. The second-order valence-corrected chi connectivity index (χ2v) is 7.68. The molecular formula is C28H28N2. The van der Waals surface area contributed by atoms with Crippen molar-refractivity contribution in [1.82, 2.24) is 0 Å². The second kappa shape index (κ2) is 8.46. The maximum Gasteiger partial charge on any atom is 0.0400 e. The second-order valence-electron chi connectivity index (χ2n) is 7.68. The Kier molecular flexibility index (Phi) is 5.58. The van der Waals surface area contributed by atoms with Crippen molar-refractivity contribution in [1.29, 1.82) is 0 Å². The van der Waals surface area contributed by atoms with Gasteiger partial charge >= 0.3 is 0 Å². The van der Waals surface area contributed by atoms with E-state index in [1.165, 1.54) is 16.7 Å². The fourth-order valence-electron chi connectivity index (χ4n) is 3.95. The molecule has 30 heavy (non-hydrogen) atoms. The Bertz CT molecular complexity index is 1140. The first-order chi connectivity index (χ1) is 14.6. The van der Waals surface area contributed by atoms with Crippen molar-refractivity contribution in [3.63, 3.8) is 0 Å². The Hall–Kier alpha value is -3.52. The zero-order valence-electron chi connectivity index (χ0n) is 17.7. The summed E-state index contributed by atoms with van der Waals surface area (Å²) in [7, 11) is 0. The number of hydrogen-bond acceptors (Lipinski definition) is 2. The lowest BCUT2D eigenvalue weighted by Gasteiger charge is -2.19. The third kappa shape index (κ3) is 3.81. The number of nitrogens with two attached hydrogens (primary N) is 2. The largest absolute Gasteiger partial charge is 0.399 e. The first-order valence-corrected chi connectivity index (χ1v) is 10.6. The lowest BCUT2D eigenvalue weighted by Crippen LogP contribution is -1.97. The summed E-state index contributed by atoms with van der Waals surface area (Å²) in [6.45, 7) is 4.35. The van der Waals surface area contributed by atoms with E-state index >= 15 is 0 Å². The highest BCUT2D eigenvalue weighted by Gasteiger charge is 2.17. The summed E-state index contributed by atoms with van der Waals surface area (Å²) in [6.07, 6.45) is 2.04. The van der Waals surface area contributed by atoms with E-state index in [2.05, 4.69) is 80.6 Å². The fourth-order valence-corrected chi connectivity index (χ4v) is 3.95. The van der Waals surface area contributed by atoms with E-state index in [0.717, 1.165) is 52.0 Å². The van der Waals surface area contributed by atoms with Crippen LogP contribution in [-0.4, -0.2) is 0 Å². The maximum atomic E-state index is 6.57. The molecule has 0 spiro atoms. The Labute approximate surface area is 179 Å². The van der Waals surface area contributed by atoms with Crippen molar-refractivity contribution in [3.05, 3.63) is 96.1 Å². The van der Waals surface area contributed by atoms with E-state index in [1.54, 1.807) is 0 Å². The third-order valence-electron chi connectivity index (χ3n) is 5.76. The van der Waals surface area contributed by atoms with Gasteiger partial charge in [0.2, 0.25) is 0 Å². The van der Waals surface area contributed by atoms with Gasteiger partial charge in [0.1, 0.15) is 0 Å². The summed E-state index contributed by atoms with van der Waals surface area (Å²) in [6, 6.07) is 29.7. The van der Waals surface area contributed by atoms with Crippen LogP contribution in [0.5, 0.6) is 0 Å². The monoisotopic (exact) mass is 392 g/mol. The minimum absolute atomic E-state index is 0.762. The Balaban J connectivity index is 1.99. The minimum atomic E-state index is 0.762. The predicted molar refractivity (Wildman–Crippen MR) is 130 cm³/mol. The number of benzene rings is 4. The van der Waals surface area contributed by atoms with Gasteiger partial charge in [-0.3, -0.25) is 0 Å². The molecule has 4 N–H and O–H groups in total. The van der Waals surface area contributed by atoms with Gasteiger partial charge in [-0.2, -0.15) is 0 Å². The Morgan fingerprint density at radius 3 is 1.47 bits per heavy atom. The van der Waals surface area contributed by atoms with Crippen LogP contribution in [0.4, 0.5) is 11.4 Å². The van der Waals surface area contributed by atoms with Crippen molar-refractivity contribution in [3.8, 4) is 33.4 Å². The molecule has 0 heterocycles. The highest BCUT2D eigenvalue weighted by atomic mass is 14.6. The van der Waals surface area contributed by atoms with E-state index in [-0.39, 0.29) is 0 Å². The standard InChI is InChI=1S/C28H28N2/c1-3-19-5-9-22(10-6-19)27-25(21-13-15-24(29)16-14-21)17-18-26(30)28(27)23-11-7-20(4-2)8-12-23/h5-18H,3-4,29-30H2,1-2H3. The van der Waals surface area contributed by atoms with Gasteiger partial charge < -0.3 is 11.5 Å². The molecule has 0 fully saturated rings. The molecule has 0 aromatic heterocycles. The summed E-state index contributed by atoms with van der Waals surface area (Å²) >= 11 is 0. The average molecular weight is 393 g/mol. The molecular weight excluding hydrogens is 364 g/mol. The maximum absolute atomic E-state index is 6.57. The first kappa shape index (κ1) is 19.8. The predicted octanol–water partition coefficient (Wildman–Crippen LogP) is 6.98. The van der Waals surface area contributed by atoms with Gasteiger partial charge in [-0.05, 0) is 70.0 Å². The molecule has 0 unspecified atom stereocenters. The number of hydrogen-bond donors (Lipinski definition) is 2. The molecule has 2 nitrogen and oxygen atoms in total. The molecule has 150 valence electrons. The van der Waals surface area contributed by atoms with E-state index in [1.807, 2.05) is 18.2 Å². The van der Waals surface area contributed by atoms with Gasteiger partial charge in [0, 0.05) is 16.9 Å². The lowest BCUT2D eigenvalue weighted by atomic mass is 9.86. The normalized spacial score (nSPS) is 10.9. The van der Waals surface area contributed by atoms with Crippen molar-refractivity contribution >= 4 is 11.4 Å². The van der Waals surface area contributed by atoms with E-state index in [9.17, 15) is 0 Å². The van der Waals surface area contributed by atoms with E-state index in [4.69, 9.17) is 11.5 Å². The molecule has 0 aliphatic carbocycles. The van der Waals surface area contributed by atoms with E-state index < -0.39 is 0 Å². The molecule has 0 bridgehead atoms. The molecule has 0 aliphatic rings. The van der Waals surface area contributed by atoms with Crippen LogP contribution >= 0.6 is 0 Å². The van der Waals surface area contributed by atoms with Gasteiger partial charge in [-0.1, -0.05) is 80.6 Å². The zero-order chi connectivity index (χ0) is 21.1. The summed E-state index contributed by atoms with van der Waals surface area (Å²) in [5.74, 6) is 0. The van der Waals surface area contributed by atoms with Gasteiger partial charge in [0.25, 0.3) is 0 Å². The van der Waals surface area contributed by atoms with Crippen molar-refractivity contribution in [2.45, 2.75) is 26.7 Å². The minimum Gasteiger partial charge on any atom is -0.399 e. The van der Waals surface area contributed by atoms with Crippen LogP contribution in [0.3, 0.4) is 0 Å². The number of nitrogen functional groups attached to an aromatic ring is 2. The smallest absolute Gasteiger partial charge is 0.0400 e.